The van der Waals surface area contributed by atoms with E-state index in [9.17, 15) is 0 Å². The van der Waals surface area contributed by atoms with E-state index >= 15 is 0 Å². The molecule has 0 unspecified atom stereocenters. The summed E-state index contributed by atoms with van der Waals surface area (Å²) in [5.74, 6) is 0. The van der Waals surface area contributed by atoms with Crippen molar-refractivity contribution in [3.05, 3.63) is 22.7 Å². The Morgan fingerprint density at radius 1 is 0.824 bits per heavy atom. The van der Waals surface area contributed by atoms with Gasteiger partial charge in [0.25, 0.3) is 0 Å². The molecule has 0 aromatic carbocycles. The van der Waals surface area contributed by atoms with Crippen LogP contribution in [0.25, 0.3) is 0 Å². The first-order chi connectivity index (χ1) is 8.31. The zero-order valence-electron chi connectivity index (χ0n) is 11.7. The molecule has 17 heavy (non-hydrogen) atoms. The summed E-state index contributed by atoms with van der Waals surface area (Å²) in [5, 5.41) is 0. The monoisotopic (exact) mass is 300 g/mol. The first-order valence-corrected chi connectivity index (χ1v) is 8.12. The van der Waals surface area contributed by atoms with Crippen molar-refractivity contribution in [3.63, 3.8) is 0 Å². The maximum absolute atomic E-state index is 3.60. The lowest BCUT2D eigenvalue weighted by atomic mass is 10.1. The van der Waals surface area contributed by atoms with Gasteiger partial charge in [0.2, 0.25) is 0 Å². The molecule has 0 N–H and O–H groups in total. The molecular weight excluding hydrogens is 272 g/mol. The van der Waals surface area contributed by atoms with Crippen LogP contribution in [-0.4, -0.2) is 0 Å². The van der Waals surface area contributed by atoms with Crippen molar-refractivity contribution in [1.29, 1.82) is 0 Å². The Labute approximate surface area is 117 Å². The third kappa shape index (κ3) is 13.9. The van der Waals surface area contributed by atoms with Crippen LogP contribution in [0.3, 0.4) is 0 Å². The minimum Gasteiger partial charge on any atom is -0.0834 e. The van der Waals surface area contributed by atoms with Gasteiger partial charge in [-0.1, -0.05) is 86.5 Å². The molecule has 0 aliphatic carbocycles. The second-order valence-electron chi connectivity index (χ2n) is 4.69. The number of allylic oxidation sites excluding steroid dienone is 4. The molecule has 1 heteroatoms. The molecule has 0 saturated carbocycles. The van der Waals surface area contributed by atoms with Crippen molar-refractivity contribution < 1.29 is 0 Å². The lowest BCUT2D eigenvalue weighted by Gasteiger charge is -1.96. The largest absolute Gasteiger partial charge is 0.0834 e. The average Bonchev–Trinajstić information content (AvgIpc) is 2.33. The van der Waals surface area contributed by atoms with E-state index in [4.69, 9.17) is 0 Å². The van der Waals surface area contributed by atoms with E-state index in [1.54, 1.807) is 0 Å². The standard InChI is InChI=1S/C16H29Br/c1-3-5-7-9-10-11-13-15-16(17)14-12-8-6-4-2/h13-15H,3-12H2,1-2H3/b15-13+,16-14-. The van der Waals surface area contributed by atoms with E-state index in [1.807, 2.05) is 0 Å². The summed E-state index contributed by atoms with van der Waals surface area (Å²) in [5.41, 5.74) is 0. The van der Waals surface area contributed by atoms with Crippen LogP contribution in [-0.2, 0) is 0 Å². The predicted molar refractivity (Wildman–Crippen MR) is 83.7 cm³/mol. The first kappa shape index (κ1) is 17.0. The van der Waals surface area contributed by atoms with Gasteiger partial charge in [-0.3, -0.25) is 0 Å². The molecule has 0 aliphatic rings. The maximum atomic E-state index is 3.60. The summed E-state index contributed by atoms with van der Waals surface area (Å²) in [4.78, 5) is 0. The number of hydrogen-bond donors (Lipinski definition) is 0. The topological polar surface area (TPSA) is 0 Å². The normalized spacial score (nSPS) is 12.5. The molecule has 0 spiro atoms. The van der Waals surface area contributed by atoms with Gasteiger partial charge in [0.1, 0.15) is 0 Å². The van der Waals surface area contributed by atoms with Crippen molar-refractivity contribution in [2.75, 3.05) is 0 Å². The molecule has 0 rings (SSSR count). The smallest absolute Gasteiger partial charge is 0.0132 e. The third-order valence-corrected chi connectivity index (χ3v) is 3.49. The Morgan fingerprint density at radius 2 is 1.41 bits per heavy atom. The maximum Gasteiger partial charge on any atom is 0.0132 e. The second kappa shape index (κ2) is 14.0. The van der Waals surface area contributed by atoms with Crippen LogP contribution in [0.5, 0.6) is 0 Å². The Kier molecular flexibility index (Phi) is 14.0. The number of hydrogen-bond acceptors (Lipinski definition) is 0. The SMILES string of the molecule is CCCCC/C=C(Br)/C=C/CCCCCCC. The van der Waals surface area contributed by atoms with Gasteiger partial charge in [0.05, 0.1) is 0 Å². The zero-order chi connectivity index (χ0) is 12.8. The molecule has 0 atom stereocenters. The van der Waals surface area contributed by atoms with E-state index in [0.29, 0.717) is 0 Å². The van der Waals surface area contributed by atoms with Crippen molar-refractivity contribution in [2.24, 2.45) is 0 Å². The molecule has 0 bridgehead atoms. The average molecular weight is 301 g/mol. The van der Waals surface area contributed by atoms with Gasteiger partial charge < -0.3 is 0 Å². The van der Waals surface area contributed by atoms with Gasteiger partial charge in [-0.2, -0.15) is 0 Å². The van der Waals surface area contributed by atoms with Gasteiger partial charge in [-0.05, 0) is 25.7 Å². The fourth-order valence-electron chi connectivity index (χ4n) is 1.76. The highest BCUT2D eigenvalue weighted by Gasteiger charge is 1.88. The quantitative estimate of drug-likeness (QED) is 0.292. The Hall–Kier alpha value is -0.0400. The van der Waals surface area contributed by atoms with Crippen LogP contribution >= 0.6 is 15.9 Å². The molecule has 0 radical (unpaired) electrons. The highest BCUT2D eigenvalue weighted by molar-refractivity contribution is 9.11. The third-order valence-electron chi connectivity index (χ3n) is 2.90. The molecule has 0 nitrogen and oxygen atoms in total. The van der Waals surface area contributed by atoms with Crippen LogP contribution in [0.15, 0.2) is 22.7 Å². The number of unbranched alkanes of at least 4 members (excludes halogenated alkanes) is 8. The Morgan fingerprint density at radius 3 is 2.12 bits per heavy atom. The number of rotatable bonds is 11. The summed E-state index contributed by atoms with van der Waals surface area (Å²) in [7, 11) is 0. The van der Waals surface area contributed by atoms with Crippen LogP contribution < -0.4 is 0 Å². The van der Waals surface area contributed by atoms with E-state index in [0.717, 1.165) is 0 Å². The Bertz CT molecular complexity index is 204. The van der Waals surface area contributed by atoms with E-state index in [2.05, 4.69) is 48.0 Å². The number of halogens is 1. The molecule has 0 aliphatic heterocycles. The van der Waals surface area contributed by atoms with Crippen LogP contribution in [0.4, 0.5) is 0 Å². The summed E-state index contributed by atoms with van der Waals surface area (Å²) < 4.78 is 1.25. The van der Waals surface area contributed by atoms with E-state index < -0.39 is 0 Å². The van der Waals surface area contributed by atoms with Crippen molar-refractivity contribution in [2.45, 2.75) is 78.1 Å². The second-order valence-corrected chi connectivity index (χ2v) is 5.61. The van der Waals surface area contributed by atoms with Crippen molar-refractivity contribution in [1.82, 2.24) is 0 Å². The highest BCUT2D eigenvalue weighted by Crippen LogP contribution is 2.12. The molecule has 0 aromatic heterocycles. The fourth-order valence-corrected chi connectivity index (χ4v) is 2.18. The molecule has 0 heterocycles. The van der Waals surface area contributed by atoms with Crippen LogP contribution in [0.2, 0.25) is 0 Å². The minimum absolute atomic E-state index is 1.20. The van der Waals surface area contributed by atoms with Gasteiger partial charge in [-0.15, -0.1) is 0 Å². The van der Waals surface area contributed by atoms with Gasteiger partial charge in [0.15, 0.2) is 0 Å². The first-order valence-electron chi connectivity index (χ1n) is 7.33. The molecule has 100 valence electrons. The van der Waals surface area contributed by atoms with Crippen LogP contribution in [0.1, 0.15) is 78.1 Å². The lowest BCUT2D eigenvalue weighted by Crippen LogP contribution is -1.76. The molecule has 0 aromatic rings. The minimum atomic E-state index is 1.20. The molecule has 0 amide bonds. The zero-order valence-corrected chi connectivity index (χ0v) is 13.3. The van der Waals surface area contributed by atoms with Crippen molar-refractivity contribution in [3.8, 4) is 0 Å². The fraction of sp³-hybridized carbons (Fsp3) is 0.750. The van der Waals surface area contributed by atoms with E-state index in [1.165, 1.54) is 68.7 Å². The van der Waals surface area contributed by atoms with Crippen molar-refractivity contribution >= 4 is 15.9 Å². The van der Waals surface area contributed by atoms with Gasteiger partial charge >= 0.3 is 0 Å². The van der Waals surface area contributed by atoms with Crippen LogP contribution in [0, 0.1) is 0 Å². The molecular formula is C16H29Br. The molecule has 0 fully saturated rings. The summed E-state index contributed by atoms with van der Waals surface area (Å²) in [6, 6.07) is 0. The predicted octanol–water partition coefficient (Wildman–Crippen LogP) is 6.76. The van der Waals surface area contributed by atoms with E-state index in [-0.39, 0.29) is 0 Å². The Balaban J connectivity index is 3.42. The van der Waals surface area contributed by atoms with Gasteiger partial charge in [0, 0.05) is 4.48 Å². The summed E-state index contributed by atoms with van der Waals surface area (Å²) >= 11 is 3.60. The summed E-state index contributed by atoms with van der Waals surface area (Å²) in [6.45, 7) is 4.51. The highest BCUT2D eigenvalue weighted by atomic mass is 79.9. The lowest BCUT2D eigenvalue weighted by molar-refractivity contribution is 0.637. The summed E-state index contributed by atoms with van der Waals surface area (Å²) in [6.07, 6.45) is 20.1. The van der Waals surface area contributed by atoms with Gasteiger partial charge in [-0.25, -0.2) is 0 Å². The molecule has 0 saturated heterocycles.